The fourth-order valence-corrected chi connectivity index (χ4v) is 10.4. The Kier molecular flexibility index (Phi) is 8.43. The molecule has 0 N–H and O–H groups in total. The van der Waals surface area contributed by atoms with Crippen LogP contribution in [0.3, 0.4) is 0 Å². The molecule has 0 atom stereocenters. The summed E-state index contributed by atoms with van der Waals surface area (Å²) in [6, 6.07) is 77.9. The average Bonchev–Trinajstić information content (AvgIpc) is 3.79. The van der Waals surface area contributed by atoms with Gasteiger partial charge in [-0.05, 0) is 121 Å². The summed E-state index contributed by atoms with van der Waals surface area (Å²) in [6.07, 6.45) is 0. The highest BCUT2D eigenvalue weighted by Crippen LogP contribution is 2.50. The minimum Gasteiger partial charge on any atom is -0.310 e. The van der Waals surface area contributed by atoms with Crippen LogP contribution in [0.15, 0.2) is 212 Å². The molecule has 0 radical (unpaired) electrons. The van der Waals surface area contributed by atoms with Gasteiger partial charge in [-0.3, -0.25) is 0 Å². The van der Waals surface area contributed by atoms with Crippen molar-refractivity contribution in [3.63, 3.8) is 0 Å². The highest BCUT2D eigenvalue weighted by atomic mass is 32.1. The second-order valence-corrected chi connectivity index (χ2v) is 17.2. The molecule has 59 heavy (non-hydrogen) atoms. The first kappa shape index (κ1) is 35.2. The third kappa shape index (κ3) is 6.07. The van der Waals surface area contributed by atoms with Crippen molar-refractivity contribution in [2.24, 2.45) is 0 Å². The molecule has 0 aliphatic heterocycles. The van der Waals surface area contributed by atoms with Crippen molar-refractivity contribution in [1.82, 2.24) is 0 Å². The van der Waals surface area contributed by atoms with Gasteiger partial charge in [-0.2, -0.15) is 0 Å². The number of hydrogen-bond acceptors (Lipinski definition) is 2. The van der Waals surface area contributed by atoms with Crippen LogP contribution in [0.2, 0.25) is 0 Å². The van der Waals surface area contributed by atoms with Crippen molar-refractivity contribution in [2.45, 2.75) is 19.3 Å². The van der Waals surface area contributed by atoms with Gasteiger partial charge in [0.15, 0.2) is 0 Å². The van der Waals surface area contributed by atoms with E-state index in [9.17, 15) is 0 Å². The van der Waals surface area contributed by atoms with Crippen LogP contribution in [0.25, 0.3) is 75.8 Å². The zero-order chi connectivity index (χ0) is 39.5. The monoisotopic (exact) mass is 771 g/mol. The van der Waals surface area contributed by atoms with Gasteiger partial charge in [-0.1, -0.05) is 172 Å². The van der Waals surface area contributed by atoms with E-state index in [4.69, 9.17) is 0 Å². The van der Waals surface area contributed by atoms with E-state index < -0.39 is 0 Å². The smallest absolute Gasteiger partial charge is 0.0467 e. The summed E-state index contributed by atoms with van der Waals surface area (Å²) in [5.74, 6) is 0. The van der Waals surface area contributed by atoms with Gasteiger partial charge >= 0.3 is 0 Å². The SMILES string of the molecule is CC1(C)c2ccccc2-c2cc(-c3ccc(-c4ccc(N(c5ccc(-c6cccc7sc8ccccc8c67)cc5)c5cccc(-c6ccccc6)c5)cc4)cc3)ccc21. The zero-order valence-electron chi connectivity index (χ0n) is 33.1. The van der Waals surface area contributed by atoms with Crippen LogP contribution >= 0.6 is 11.3 Å². The molecule has 0 fully saturated rings. The molecule has 2 heteroatoms. The lowest BCUT2D eigenvalue weighted by Crippen LogP contribution is -2.14. The molecule has 0 spiro atoms. The van der Waals surface area contributed by atoms with E-state index in [0.717, 1.165) is 17.1 Å². The molecule has 0 bridgehead atoms. The number of benzene rings is 9. The largest absolute Gasteiger partial charge is 0.310 e. The van der Waals surface area contributed by atoms with Crippen LogP contribution < -0.4 is 4.90 Å². The molecule has 280 valence electrons. The molecule has 0 saturated heterocycles. The normalized spacial score (nSPS) is 12.7. The molecule has 0 saturated carbocycles. The van der Waals surface area contributed by atoms with E-state index in [1.165, 1.54) is 86.9 Å². The summed E-state index contributed by atoms with van der Waals surface area (Å²) < 4.78 is 2.64. The maximum Gasteiger partial charge on any atom is 0.0467 e. The van der Waals surface area contributed by atoms with Crippen LogP contribution in [0.5, 0.6) is 0 Å². The van der Waals surface area contributed by atoms with E-state index in [2.05, 4.69) is 231 Å². The van der Waals surface area contributed by atoms with Crippen molar-refractivity contribution in [2.75, 3.05) is 4.90 Å². The van der Waals surface area contributed by atoms with Gasteiger partial charge in [0, 0.05) is 42.6 Å². The lowest BCUT2D eigenvalue weighted by molar-refractivity contribution is 0.660. The molecule has 9 aromatic carbocycles. The molecule has 10 aromatic rings. The number of anilines is 3. The molecule has 0 unspecified atom stereocenters. The Bertz CT molecular complexity index is 3150. The number of rotatable bonds is 7. The van der Waals surface area contributed by atoms with Gasteiger partial charge in [-0.15, -0.1) is 11.3 Å². The first-order valence-corrected chi connectivity index (χ1v) is 21.2. The predicted molar refractivity (Wildman–Crippen MR) is 253 cm³/mol. The fourth-order valence-electron chi connectivity index (χ4n) is 9.27. The van der Waals surface area contributed by atoms with Gasteiger partial charge in [0.2, 0.25) is 0 Å². The van der Waals surface area contributed by atoms with Crippen molar-refractivity contribution in [1.29, 1.82) is 0 Å². The Labute approximate surface area is 350 Å². The van der Waals surface area contributed by atoms with Gasteiger partial charge in [0.25, 0.3) is 0 Å². The second-order valence-electron chi connectivity index (χ2n) is 16.1. The van der Waals surface area contributed by atoms with Crippen molar-refractivity contribution < 1.29 is 0 Å². The minimum atomic E-state index is 0.0131. The Morgan fingerprint density at radius 2 is 0.847 bits per heavy atom. The van der Waals surface area contributed by atoms with Crippen molar-refractivity contribution in [3.8, 4) is 55.6 Å². The van der Waals surface area contributed by atoms with Gasteiger partial charge in [0.05, 0.1) is 0 Å². The maximum atomic E-state index is 2.38. The van der Waals surface area contributed by atoms with Gasteiger partial charge in [0.1, 0.15) is 0 Å². The lowest BCUT2D eigenvalue weighted by atomic mass is 9.82. The number of nitrogens with zero attached hydrogens (tertiary/aromatic N) is 1. The zero-order valence-corrected chi connectivity index (χ0v) is 33.9. The van der Waals surface area contributed by atoms with E-state index in [1.54, 1.807) is 0 Å². The molecule has 1 aliphatic carbocycles. The van der Waals surface area contributed by atoms with Crippen LogP contribution in [0.4, 0.5) is 17.1 Å². The molecule has 1 aromatic heterocycles. The Hall–Kier alpha value is -7.00. The van der Waals surface area contributed by atoms with Crippen LogP contribution in [-0.2, 0) is 5.41 Å². The molecule has 11 rings (SSSR count). The molecule has 1 nitrogen and oxygen atoms in total. The third-order valence-electron chi connectivity index (χ3n) is 12.3. The van der Waals surface area contributed by atoms with Gasteiger partial charge in [-0.25, -0.2) is 0 Å². The lowest BCUT2D eigenvalue weighted by Gasteiger charge is -2.26. The topological polar surface area (TPSA) is 3.24 Å². The molecular weight excluding hydrogens is 731 g/mol. The number of fused-ring (bicyclic) bond motifs is 6. The van der Waals surface area contributed by atoms with Crippen molar-refractivity contribution >= 4 is 48.6 Å². The van der Waals surface area contributed by atoms with Gasteiger partial charge < -0.3 is 4.90 Å². The van der Waals surface area contributed by atoms with Crippen LogP contribution in [-0.4, -0.2) is 0 Å². The Morgan fingerprint density at radius 1 is 0.339 bits per heavy atom. The highest BCUT2D eigenvalue weighted by molar-refractivity contribution is 7.25. The Morgan fingerprint density at radius 3 is 1.61 bits per heavy atom. The molecule has 1 aliphatic rings. The molecular formula is C57H41NS. The first-order chi connectivity index (χ1) is 29.0. The van der Waals surface area contributed by atoms with E-state index in [0.29, 0.717) is 0 Å². The Balaban J connectivity index is 0.933. The molecule has 0 amide bonds. The maximum absolute atomic E-state index is 2.38. The van der Waals surface area contributed by atoms with Crippen LogP contribution in [0.1, 0.15) is 25.0 Å². The average molecular weight is 772 g/mol. The number of hydrogen-bond donors (Lipinski definition) is 0. The highest BCUT2D eigenvalue weighted by Gasteiger charge is 2.35. The quantitative estimate of drug-likeness (QED) is 0.156. The number of thiophene rings is 1. The van der Waals surface area contributed by atoms with E-state index in [-0.39, 0.29) is 5.41 Å². The fraction of sp³-hybridized carbons (Fsp3) is 0.0526. The summed E-state index contributed by atoms with van der Waals surface area (Å²) in [5, 5.41) is 2.65. The van der Waals surface area contributed by atoms with E-state index in [1.807, 2.05) is 11.3 Å². The minimum absolute atomic E-state index is 0.0131. The summed E-state index contributed by atoms with van der Waals surface area (Å²) >= 11 is 1.86. The van der Waals surface area contributed by atoms with E-state index >= 15 is 0 Å². The summed E-state index contributed by atoms with van der Waals surface area (Å²) in [6.45, 7) is 4.67. The first-order valence-electron chi connectivity index (χ1n) is 20.4. The van der Waals surface area contributed by atoms with Crippen LogP contribution in [0, 0.1) is 0 Å². The van der Waals surface area contributed by atoms with Crippen molar-refractivity contribution in [3.05, 3.63) is 223 Å². The second kappa shape index (κ2) is 14.1. The predicted octanol–water partition coefficient (Wildman–Crippen LogP) is 16.5. The summed E-state index contributed by atoms with van der Waals surface area (Å²) in [7, 11) is 0. The standard InChI is InChI=1S/C57H41NS/c1-57(2)52-19-8-6-16-49(52)51-37-44(30-35-53(51)57)41-24-22-39(23-25-41)40-26-31-45(32-27-40)58(47-15-10-14-43(36-47)38-12-4-3-5-13-38)46-33-28-42(29-34-46)48-18-11-21-55-56(48)50-17-7-9-20-54(50)59-55/h3-37H,1-2H3. The molecule has 1 heterocycles. The third-order valence-corrected chi connectivity index (χ3v) is 13.4. The summed E-state index contributed by atoms with van der Waals surface area (Å²) in [5.41, 5.74) is 18.6. The summed E-state index contributed by atoms with van der Waals surface area (Å²) in [4.78, 5) is 2.37.